The molecule has 8 nitrogen and oxygen atoms in total. The zero-order valence-electron chi connectivity index (χ0n) is 16.0. The number of aryl methyl sites for hydroxylation is 1. The van der Waals surface area contributed by atoms with E-state index in [0.717, 1.165) is 17.5 Å². The second kappa shape index (κ2) is 9.48. The van der Waals surface area contributed by atoms with E-state index in [1.807, 2.05) is 26.0 Å². The number of benzene rings is 1. The maximum atomic E-state index is 12.1. The lowest BCUT2D eigenvalue weighted by molar-refractivity contribution is -0.144. The summed E-state index contributed by atoms with van der Waals surface area (Å²) in [6.07, 6.45) is 1.56. The maximum Gasteiger partial charge on any atom is 0.325 e. The molecule has 0 aliphatic carbocycles. The molecule has 1 aliphatic heterocycles. The van der Waals surface area contributed by atoms with Gasteiger partial charge >= 0.3 is 12.0 Å². The molecule has 3 N–H and O–H groups in total. The van der Waals surface area contributed by atoms with Gasteiger partial charge < -0.3 is 20.1 Å². The number of amides is 3. The van der Waals surface area contributed by atoms with Gasteiger partial charge in [0.2, 0.25) is 5.91 Å². The van der Waals surface area contributed by atoms with Crippen LogP contribution in [0, 0.1) is 13.8 Å². The highest BCUT2D eigenvalue weighted by Gasteiger charge is 2.35. The number of rotatable bonds is 6. The number of imide groups is 1. The van der Waals surface area contributed by atoms with Gasteiger partial charge in [-0.3, -0.25) is 14.9 Å². The Morgan fingerprint density at radius 2 is 2.04 bits per heavy atom. The van der Waals surface area contributed by atoms with Crippen molar-refractivity contribution >= 4 is 23.6 Å². The van der Waals surface area contributed by atoms with Crippen LogP contribution in [0.5, 0.6) is 0 Å². The Morgan fingerprint density at radius 3 is 2.70 bits per heavy atom. The van der Waals surface area contributed by atoms with Gasteiger partial charge in [-0.1, -0.05) is 12.1 Å². The summed E-state index contributed by atoms with van der Waals surface area (Å²) >= 11 is 0. The van der Waals surface area contributed by atoms with Crippen molar-refractivity contribution in [3.63, 3.8) is 0 Å². The number of anilines is 1. The van der Waals surface area contributed by atoms with Crippen molar-refractivity contribution in [1.29, 1.82) is 0 Å². The SMILES string of the molecule is COC(=O)C[C@@]1(NCC(=O)NC(=O)Nc2cccc(C)c2C)CCCOC1. The zero-order chi connectivity index (χ0) is 19.9. The van der Waals surface area contributed by atoms with Gasteiger partial charge in [-0.2, -0.15) is 0 Å². The molecule has 0 spiro atoms. The Morgan fingerprint density at radius 1 is 1.26 bits per heavy atom. The Labute approximate surface area is 159 Å². The molecule has 1 aromatic rings. The molecule has 1 aromatic carbocycles. The molecule has 8 heteroatoms. The van der Waals surface area contributed by atoms with Crippen molar-refractivity contribution < 1.29 is 23.9 Å². The Balaban J connectivity index is 1.88. The van der Waals surface area contributed by atoms with Crippen LogP contribution in [-0.4, -0.2) is 50.3 Å². The predicted molar refractivity (Wildman–Crippen MR) is 100 cm³/mol. The van der Waals surface area contributed by atoms with Crippen molar-refractivity contribution in [3.8, 4) is 0 Å². The van der Waals surface area contributed by atoms with E-state index in [9.17, 15) is 14.4 Å². The summed E-state index contributed by atoms with van der Waals surface area (Å²) < 4.78 is 10.2. The van der Waals surface area contributed by atoms with Gasteiger partial charge in [0.25, 0.3) is 0 Å². The quantitative estimate of drug-likeness (QED) is 0.651. The second-order valence-corrected chi connectivity index (χ2v) is 6.79. The van der Waals surface area contributed by atoms with Crippen molar-refractivity contribution in [2.24, 2.45) is 0 Å². The lowest BCUT2D eigenvalue weighted by atomic mass is 9.88. The minimum Gasteiger partial charge on any atom is -0.469 e. The van der Waals surface area contributed by atoms with Crippen LogP contribution in [0.15, 0.2) is 18.2 Å². The number of ether oxygens (including phenoxy) is 2. The smallest absolute Gasteiger partial charge is 0.325 e. The third kappa shape index (κ3) is 6.04. The van der Waals surface area contributed by atoms with Crippen LogP contribution in [-0.2, 0) is 19.1 Å². The van der Waals surface area contributed by atoms with Crippen LogP contribution in [0.2, 0.25) is 0 Å². The van der Waals surface area contributed by atoms with Crippen LogP contribution < -0.4 is 16.0 Å². The highest BCUT2D eigenvalue weighted by molar-refractivity contribution is 6.02. The van der Waals surface area contributed by atoms with E-state index < -0.39 is 17.5 Å². The molecule has 0 radical (unpaired) electrons. The molecule has 0 saturated carbocycles. The lowest BCUT2D eigenvalue weighted by Gasteiger charge is -2.37. The highest BCUT2D eigenvalue weighted by Crippen LogP contribution is 2.23. The molecule has 148 valence electrons. The Hall–Kier alpha value is -2.45. The zero-order valence-corrected chi connectivity index (χ0v) is 16.0. The maximum absolute atomic E-state index is 12.1. The topological polar surface area (TPSA) is 106 Å². The van der Waals surface area contributed by atoms with Gasteiger partial charge in [0.15, 0.2) is 0 Å². The third-order valence-electron chi connectivity index (χ3n) is 4.76. The number of urea groups is 1. The van der Waals surface area contributed by atoms with Gasteiger partial charge in [0, 0.05) is 12.3 Å². The van der Waals surface area contributed by atoms with E-state index in [2.05, 4.69) is 16.0 Å². The minimum atomic E-state index is -0.660. The molecule has 1 aliphatic rings. The number of hydrogen-bond donors (Lipinski definition) is 3. The average molecular weight is 377 g/mol. The van der Waals surface area contributed by atoms with Gasteiger partial charge in [0.05, 0.1) is 32.2 Å². The van der Waals surface area contributed by atoms with Crippen molar-refractivity contribution in [2.75, 3.05) is 32.2 Å². The lowest BCUT2D eigenvalue weighted by Crippen LogP contribution is -2.56. The van der Waals surface area contributed by atoms with Crippen LogP contribution >= 0.6 is 0 Å². The number of hydrogen-bond acceptors (Lipinski definition) is 6. The minimum absolute atomic E-state index is 0.103. The summed E-state index contributed by atoms with van der Waals surface area (Å²) in [5.74, 6) is -0.867. The Kier molecular flexibility index (Phi) is 7.32. The molecule has 2 rings (SSSR count). The van der Waals surface area contributed by atoms with Crippen LogP contribution in [0.1, 0.15) is 30.4 Å². The van der Waals surface area contributed by atoms with Crippen molar-refractivity contribution in [1.82, 2.24) is 10.6 Å². The molecule has 27 heavy (non-hydrogen) atoms. The fourth-order valence-corrected chi connectivity index (χ4v) is 3.02. The molecule has 0 bridgehead atoms. The van der Waals surface area contributed by atoms with Gasteiger partial charge in [-0.25, -0.2) is 4.79 Å². The van der Waals surface area contributed by atoms with E-state index in [4.69, 9.17) is 9.47 Å². The van der Waals surface area contributed by atoms with Gasteiger partial charge in [-0.15, -0.1) is 0 Å². The molecule has 1 fully saturated rings. The second-order valence-electron chi connectivity index (χ2n) is 6.79. The summed E-state index contributed by atoms with van der Waals surface area (Å²) in [6.45, 7) is 4.66. The average Bonchev–Trinajstić information content (AvgIpc) is 2.64. The molecule has 1 saturated heterocycles. The van der Waals surface area contributed by atoms with Crippen LogP contribution in [0.3, 0.4) is 0 Å². The number of esters is 1. The first-order valence-corrected chi connectivity index (χ1v) is 8.92. The molecular formula is C19H27N3O5. The largest absolute Gasteiger partial charge is 0.469 e. The molecular weight excluding hydrogens is 350 g/mol. The first kappa shape index (κ1) is 20.9. The molecule has 1 atom stereocenters. The number of carbonyl (C=O) groups excluding carboxylic acids is 3. The predicted octanol–water partition coefficient (Wildman–Crippen LogP) is 1.65. The monoisotopic (exact) mass is 377 g/mol. The molecule has 3 amide bonds. The highest BCUT2D eigenvalue weighted by atomic mass is 16.5. The number of carbonyl (C=O) groups is 3. The molecule has 1 heterocycles. The van der Waals surface area contributed by atoms with E-state index in [-0.39, 0.29) is 18.9 Å². The summed E-state index contributed by atoms with van der Waals surface area (Å²) in [6, 6.07) is 4.95. The first-order chi connectivity index (χ1) is 12.8. The molecule has 0 unspecified atom stereocenters. The van der Waals surface area contributed by atoms with Gasteiger partial charge in [0.1, 0.15) is 0 Å². The fourth-order valence-electron chi connectivity index (χ4n) is 3.02. The van der Waals surface area contributed by atoms with E-state index >= 15 is 0 Å². The normalized spacial score (nSPS) is 19.2. The Bertz CT molecular complexity index is 699. The standard InChI is InChI=1S/C19H27N3O5/c1-13-6-4-7-15(14(13)2)21-18(25)22-16(23)11-20-19(10-17(24)26-3)8-5-9-27-12-19/h4,6-7,20H,5,8-12H2,1-3H3,(H2,21,22,23,25)/t19-/m0/s1. The number of nitrogens with one attached hydrogen (secondary N) is 3. The van der Waals surface area contributed by atoms with Gasteiger partial charge in [-0.05, 0) is 43.9 Å². The number of methoxy groups -OCH3 is 1. The molecule has 0 aromatic heterocycles. The summed E-state index contributed by atoms with van der Waals surface area (Å²) in [7, 11) is 1.32. The van der Waals surface area contributed by atoms with E-state index in [0.29, 0.717) is 25.3 Å². The third-order valence-corrected chi connectivity index (χ3v) is 4.76. The van der Waals surface area contributed by atoms with E-state index in [1.165, 1.54) is 7.11 Å². The summed E-state index contributed by atoms with van der Waals surface area (Å²) in [5, 5.41) is 8.04. The van der Waals surface area contributed by atoms with Crippen LogP contribution in [0.25, 0.3) is 0 Å². The fraction of sp³-hybridized carbons (Fsp3) is 0.526. The van der Waals surface area contributed by atoms with Crippen molar-refractivity contribution in [2.45, 2.75) is 38.6 Å². The van der Waals surface area contributed by atoms with E-state index in [1.54, 1.807) is 6.07 Å². The first-order valence-electron chi connectivity index (χ1n) is 8.92. The summed E-state index contributed by atoms with van der Waals surface area (Å²) in [4.78, 5) is 35.9. The summed E-state index contributed by atoms with van der Waals surface area (Å²) in [5.41, 5.74) is 1.97. The van der Waals surface area contributed by atoms with Crippen molar-refractivity contribution in [3.05, 3.63) is 29.3 Å². The van der Waals surface area contributed by atoms with Crippen LogP contribution in [0.4, 0.5) is 10.5 Å².